The van der Waals surface area contributed by atoms with Crippen LogP contribution < -0.4 is 0 Å². The van der Waals surface area contributed by atoms with Gasteiger partial charge in [-0.2, -0.15) is 0 Å². The van der Waals surface area contributed by atoms with Crippen LogP contribution in [0, 0.1) is 11.8 Å². The summed E-state index contributed by atoms with van der Waals surface area (Å²) in [7, 11) is 0. The van der Waals surface area contributed by atoms with E-state index in [-0.39, 0.29) is 23.9 Å². The van der Waals surface area contributed by atoms with E-state index in [1.54, 1.807) is 0 Å². The van der Waals surface area contributed by atoms with Crippen molar-refractivity contribution in [2.75, 3.05) is 0 Å². The molecule has 3 nitrogen and oxygen atoms in total. The van der Waals surface area contributed by atoms with Gasteiger partial charge in [0.15, 0.2) is 0 Å². The molecule has 0 aliphatic rings. The molecule has 1 N–H and O–H groups in total. The summed E-state index contributed by atoms with van der Waals surface area (Å²) >= 11 is 0. The second kappa shape index (κ2) is 6.83. The molecule has 90 valence electrons. The van der Waals surface area contributed by atoms with Crippen molar-refractivity contribution >= 4 is 5.97 Å². The van der Waals surface area contributed by atoms with Gasteiger partial charge in [0.05, 0.1) is 6.10 Å². The van der Waals surface area contributed by atoms with Gasteiger partial charge in [-0.05, 0) is 18.3 Å². The van der Waals surface area contributed by atoms with Crippen LogP contribution in [-0.2, 0) is 9.53 Å². The standard InChI is InChI=1S/C12H24O3/c1-6-8(3)11(14)12(9(4)7-2)15-10(5)13/h8-9,11-12,14H,6-7H2,1-5H3. The molecular weight excluding hydrogens is 192 g/mol. The summed E-state index contributed by atoms with van der Waals surface area (Å²) in [5.74, 6) is 0.0314. The van der Waals surface area contributed by atoms with Crippen LogP contribution >= 0.6 is 0 Å². The number of hydrogen-bond acceptors (Lipinski definition) is 3. The van der Waals surface area contributed by atoms with Gasteiger partial charge in [0.1, 0.15) is 6.10 Å². The zero-order valence-electron chi connectivity index (χ0n) is 10.5. The van der Waals surface area contributed by atoms with Crippen molar-refractivity contribution in [3.8, 4) is 0 Å². The molecular formula is C12H24O3. The third-order valence-electron chi connectivity index (χ3n) is 3.07. The average Bonchev–Trinajstić information content (AvgIpc) is 2.22. The summed E-state index contributed by atoms with van der Waals surface area (Å²) in [5, 5.41) is 10.1. The van der Waals surface area contributed by atoms with Gasteiger partial charge < -0.3 is 9.84 Å². The molecule has 0 fully saturated rings. The van der Waals surface area contributed by atoms with Crippen LogP contribution in [0.1, 0.15) is 47.5 Å². The minimum Gasteiger partial charge on any atom is -0.460 e. The summed E-state index contributed by atoms with van der Waals surface area (Å²) < 4.78 is 5.20. The summed E-state index contributed by atoms with van der Waals surface area (Å²) in [6.07, 6.45) is 0.845. The Balaban J connectivity index is 4.53. The fraction of sp³-hybridized carbons (Fsp3) is 0.917. The van der Waals surface area contributed by atoms with E-state index in [2.05, 4.69) is 0 Å². The number of hydrogen-bond donors (Lipinski definition) is 1. The number of rotatable bonds is 6. The normalized spacial score (nSPS) is 19.1. The first kappa shape index (κ1) is 14.4. The molecule has 0 heterocycles. The zero-order chi connectivity index (χ0) is 12.0. The molecule has 3 heteroatoms. The minimum absolute atomic E-state index is 0.156. The predicted octanol–water partition coefficient (Wildman–Crippen LogP) is 2.37. The van der Waals surface area contributed by atoms with Gasteiger partial charge in [0.2, 0.25) is 0 Å². The smallest absolute Gasteiger partial charge is 0.303 e. The van der Waals surface area contributed by atoms with E-state index in [0.29, 0.717) is 0 Å². The maximum atomic E-state index is 11.0. The Bertz CT molecular complexity index is 191. The Morgan fingerprint density at radius 1 is 1.20 bits per heavy atom. The number of carbonyl (C=O) groups excluding carboxylic acids is 1. The van der Waals surface area contributed by atoms with Crippen LogP contribution in [0.2, 0.25) is 0 Å². The molecule has 0 spiro atoms. The maximum Gasteiger partial charge on any atom is 0.303 e. The van der Waals surface area contributed by atoms with Gasteiger partial charge in [0.25, 0.3) is 0 Å². The Hall–Kier alpha value is -0.570. The van der Waals surface area contributed by atoms with Crippen molar-refractivity contribution in [2.24, 2.45) is 11.8 Å². The third-order valence-corrected chi connectivity index (χ3v) is 3.07. The molecule has 0 saturated heterocycles. The van der Waals surface area contributed by atoms with Gasteiger partial charge in [0, 0.05) is 6.92 Å². The lowest BCUT2D eigenvalue weighted by Gasteiger charge is -2.30. The first-order chi connectivity index (χ1) is 6.93. The van der Waals surface area contributed by atoms with Crippen LogP contribution in [-0.4, -0.2) is 23.3 Å². The van der Waals surface area contributed by atoms with Crippen LogP contribution in [0.4, 0.5) is 0 Å². The van der Waals surface area contributed by atoms with Gasteiger partial charge >= 0.3 is 5.97 Å². The lowest BCUT2D eigenvalue weighted by molar-refractivity contribution is -0.159. The van der Waals surface area contributed by atoms with Crippen molar-refractivity contribution in [3.63, 3.8) is 0 Å². The highest BCUT2D eigenvalue weighted by molar-refractivity contribution is 5.66. The van der Waals surface area contributed by atoms with E-state index in [1.807, 2.05) is 27.7 Å². The minimum atomic E-state index is -0.561. The van der Waals surface area contributed by atoms with E-state index in [4.69, 9.17) is 4.74 Å². The monoisotopic (exact) mass is 216 g/mol. The number of carbonyl (C=O) groups is 1. The average molecular weight is 216 g/mol. The third kappa shape index (κ3) is 4.65. The molecule has 4 atom stereocenters. The predicted molar refractivity (Wildman–Crippen MR) is 60.5 cm³/mol. The van der Waals surface area contributed by atoms with Gasteiger partial charge in [-0.25, -0.2) is 0 Å². The second-order valence-electron chi connectivity index (χ2n) is 4.34. The topological polar surface area (TPSA) is 46.5 Å². The molecule has 0 radical (unpaired) electrons. The summed E-state index contributed by atoms with van der Waals surface area (Å²) in [6.45, 7) is 9.42. The van der Waals surface area contributed by atoms with Crippen molar-refractivity contribution < 1.29 is 14.6 Å². The van der Waals surface area contributed by atoms with E-state index >= 15 is 0 Å². The highest BCUT2D eigenvalue weighted by Gasteiger charge is 2.30. The van der Waals surface area contributed by atoms with Gasteiger partial charge in [-0.3, -0.25) is 4.79 Å². The van der Waals surface area contributed by atoms with Crippen LogP contribution in [0.25, 0.3) is 0 Å². The Morgan fingerprint density at radius 3 is 2.00 bits per heavy atom. The molecule has 0 aliphatic carbocycles. The Labute approximate surface area is 92.8 Å². The number of ether oxygens (including phenoxy) is 1. The number of aliphatic hydroxyl groups is 1. The molecule has 0 aromatic heterocycles. The molecule has 0 amide bonds. The first-order valence-corrected chi connectivity index (χ1v) is 5.79. The fourth-order valence-corrected chi connectivity index (χ4v) is 1.51. The Kier molecular flexibility index (Phi) is 6.57. The van der Waals surface area contributed by atoms with E-state index < -0.39 is 6.10 Å². The van der Waals surface area contributed by atoms with Crippen LogP contribution in [0.3, 0.4) is 0 Å². The molecule has 0 aliphatic heterocycles. The lowest BCUT2D eigenvalue weighted by Crippen LogP contribution is -2.39. The molecule has 0 saturated carbocycles. The molecule has 0 aromatic carbocycles. The summed E-state index contributed by atoms with van der Waals surface area (Å²) in [4.78, 5) is 11.0. The summed E-state index contributed by atoms with van der Waals surface area (Å²) in [6, 6.07) is 0. The molecule has 15 heavy (non-hydrogen) atoms. The molecule has 0 bridgehead atoms. The van der Waals surface area contributed by atoms with Gasteiger partial charge in [-0.15, -0.1) is 0 Å². The van der Waals surface area contributed by atoms with Crippen LogP contribution in [0.15, 0.2) is 0 Å². The molecule has 0 aromatic rings. The van der Waals surface area contributed by atoms with E-state index in [9.17, 15) is 9.90 Å². The molecule has 4 unspecified atom stereocenters. The number of esters is 1. The van der Waals surface area contributed by atoms with Gasteiger partial charge in [-0.1, -0.05) is 34.1 Å². The van der Waals surface area contributed by atoms with Crippen molar-refractivity contribution in [2.45, 2.75) is 59.7 Å². The summed E-state index contributed by atoms with van der Waals surface area (Å²) in [5.41, 5.74) is 0. The van der Waals surface area contributed by atoms with Crippen molar-refractivity contribution in [3.05, 3.63) is 0 Å². The highest BCUT2D eigenvalue weighted by Crippen LogP contribution is 2.22. The quantitative estimate of drug-likeness (QED) is 0.693. The number of aliphatic hydroxyl groups excluding tert-OH is 1. The fourth-order valence-electron chi connectivity index (χ4n) is 1.51. The lowest BCUT2D eigenvalue weighted by atomic mass is 9.89. The maximum absolute atomic E-state index is 11.0. The zero-order valence-corrected chi connectivity index (χ0v) is 10.5. The highest BCUT2D eigenvalue weighted by atomic mass is 16.6. The first-order valence-electron chi connectivity index (χ1n) is 5.79. The largest absolute Gasteiger partial charge is 0.460 e. The second-order valence-corrected chi connectivity index (χ2v) is 4.34. The Morgan fingerprint density at radius 2 is 1.67 bits per heavy atom. The van der Waals surface area contributed by atoms with E-state index in [1.165, 1.54) is 6.92 Å². The van der Waals surface area contributed by atoms with E-state index in [0.717, 1.165) is 12.8 Å². The molecule has 0 rings (SSSR count). The van der Waals surface area contributed by atoms with Crippen molar-refractivity contribution in [1.82, 2.24) is 0 Å². The van der Waals surface area contributed by atoms with Crippen LogP contribution in [0.5, 0.6) is 0 Å². The SMILES string of the molecule is CCC(C)C(O)C(OC(C)=O)C(C)CC. The van der Waals surface area contributed by atoms with Crippen molar-refractivity contribution in [1.29, 1.82) is 0 Å².